The molecule has 7 rings (SSSR count). The number of carbonyl (C=O) groups excluding carboxylic acids is 1. The van der Waals surface area contributed by atoms with Crippen LogP contribution in [0.4, 0.5) is 4.39 Å². The van der Waals surface area contributed by atoms with Gasteiger partial charge >= 0.3 is 5.69 Å². The Bertz CT molecular complexity index is 1960. The summed E-state index contributed by atoms with van der Waals surface area (Å²) in [6, 6.07) is 16.9. The average molecular weight is 668 g/mol. The average Bonchev–Trinajstić information content (AvgIpc) is 3.89. The molecule has 0 N–H and O–H groups in total. The summed E-state index contributed by atoms with van der Waals surface area (Å²) in [5.41, 5.74) is 2.48. The van der Waals surface area contributed by atoms with Crippen molar-refractivity contribution < 1.29 is 13.9 Å². The van der Waals surface area contributed by atoms with Crippen LogP contribution in [-0.4, -0.2) is 74.6 Å². The molecule has 3 fully saturated rings. The van der Waals surface area contributed by atoms with Crippen LogP contribution in [0.1, 0.15) is 70.4 Å². The zero-order valence-electron chi connectivity index (χ0n) is 28.9. The summed E-state index contributed by atoms with van der Waals surface area (Å²) >= 11 is 0. The monoisotopic (exact) mass is 667 g/mol. The highest BCUT2D eigenvalue weighted by Crippen LogP contribution is 2.44. The van der Waals surface area contributed by atoms with E-state index >= 15 is 0 Å². The van der Waals surface area contributed by atoms with Crippen LogP contribution in [0.2, 0.25) is 0 Å². The highest BCUT2D eigenvalue weighted by atomic mass is 19.1. The molecule has 0 spiro atoms. The first-order chi connectivity index (χ1) is 23.5. The number of Topliss-reactive ketones (excluding diaryl/α,β-unsaturated/α-hetero) is 1. The zero-order chi connectivity index (χ0) is 34.4. The van der Waals surface area contributed by atoms with Gasteiger partial charge < -0.3 is 4.74 Å². The lowest BCUT2D eigenvalue weighted by molar-refractivity contribution is -0.126. The van der Waals surface area contributed by atoms with Crippen molar-refractivity contribution in [1.29, 1.82) is 0 Å². The van der Waals surface area contributed by atoms with Crippen molar-refractivity contribution in [3.8, 4) is 16.8 Å². The Morgan fingerprint density at radius 3 is 2.31 bits per heavy atom. The van der Waals surface area contributed by atoms with E-state index in [1.54, 1.807) is 0 Å². The first-order valence-corrected chi connectivity index (χ1v) is 17.6. The van der Waals surface area contributed by atoms with E-state index in [4.69, 9.17) is 4.74 Å². The number of benzene rings is 2. The fourth-order valence-electron chi connectivity index (χ4n) is 8.19. The molecule has 2 aliphatic carbocycles. The van der Waals surface area contributed by atoms with Crippen LogP contribution in [0.15, 0.2) is 70.4 Å². The van der Waals surface area contributed by atoms with E-state index < -0.39 is 17.1 Å². The predicted molar refractivity (Wildman–Crippen MR) is 189 cm³/mol. The largest absolute Gasteiger partial charge is 0.373 e. The Morgan fingerprint density at radius 2 is 1.65 bits per heavy atom. The predicted octanol–water partition coefficient (Wildman–Crippen LogP) is 5.75. The fraction of sp³-hybridized carbons (Fsp3) is 0.487. The van der Waals surface area contributed by atoms with Crippen LogP contribution in [0.5, 0.6) is 0 Å². The highest BCUT2D eigenvalue weighted by Gasteiger charge is 2.51. The molecule has 4 aromatic rings. The highest BCUT2D eigenvalue weighted by molar-refractivity contribution is 5.91. The number of rotatable bonds is 9. The number of halogens is 1. The maximum absolute atomic E-state index is 14.5. The van der Waals surface area contributed by atoms with E-state index in [2.05, 4.69) is 48.0 Å². The van der Waals surface area contributed by atoms with E-state index in [0.717, 1.165) is 62.6 Å². The molecule has 0 amide bonds. The third kappa shape index (κ3) is 6.66. The second kappa shape index (κ2) is 13.4. The van der Waals surface area contributed by atoms with Crippen molar-refractivity contribution in [3.05, 3.63) is 93.0 Å². The number of ether oxygens (including phenoxy) is 1. The molecule has 2 aromatic heterocycles. The van der Waals surface area contributed by atoms with Gasteiger partial charge in [0.1, 0.15) is 5.82 Å². The molecule has 3 heterocycles. The summed E-state index contributed by atoms with van der Waals surface area (Å²) in [5.74, 6) is -0.111. The van der Waals surface area contributed by atoms with Crippen LogP contribution in [-0.2, 0) is 16.1 Å². The first-order valence-electron chi connectivity index (χ1n) is 17.6. The van der Waals surface area contributed by atoms with Gasteiger partial charge in [0.2, 0.25) is 0 Å². The van der Waals surface area contributed by atoms with Crippen molar-refractivity contribution in [3.63, 3.8) is 0 Å². The van der Waals surface area contributed by atoms with Gasteiger partial charge in [-0.3, -0.25) is 24.0 Å². The molecule has 3 aliphatic rings. The summed E-state index contributed by atoms with van der Waals surface area (Å²) in [5, 5.41) is 0.0695. The van der Waals surface area contributed by atoms with Gasteiger partial charge in [-0.1, -0.05) is 36.4 Å². The minimum Gasteiger partial charge on any atom is -0.373 e. The molecule has 2 aromatic carbocycles. The van der Waals surface area contributed by atoms with E-state index in [1.807, 2.05) is 43.3 Å². The number of nitrogens with zero attached hydrogens (tertiary/aromatic N) is 5. The quantitative estimate of drug-likeness (QED) is 0.225. The second-order valence-corrected chi connectivity index (χ2v) is 14.7. The van der Waals surface area contributed by atoms with Crippen LogP contribution < -0.4 is 11.2 Å². The minimum absolute atomic E-state index is 0.0695. The Balaban J connectivity index is 1.16. The van der Waals surface area contributed by atoms with Gasteiger partial charge in [-0.25, -0.2) is 18.7 Å². The molecule has 9 nitrogen and oxygen atoms in total. The van der Waals surface area contributed by atoms with Gasteiger partial charge in [-0.05, 0) is 107 Å². The third-order valence-electron chi connectivity index (χ3n) is 10.9. The fourth-order valence-corrected chi connectivity index (χ4v) is 8.19. The van der Waals surface area contributed by atoms with Gasteiger partial charge in [0.05, 0.1) is 35.0 Å². The number of ketones is 1. The Labute approximate surface area is 286 Å². The summed E-state index contributed by atoms with van der Waals surface area (Å²) < 4.78 is 23.1. The standard InChI is InChI=1S/C39H46FN5O4/c1-25-22-43(23-26(2)49-25)24-28-8-12-29(13-9-28)30-6-5-7-33(19-30)44-36-34(20-31(40)21-41-36)37(47)45(38(44)48)32-14-10-27(11-15-32)18-35(46)39(16-17-39)42(3)4/h5-9,12-13,19-21,25-27,32H,10-11,14-18,22-24H2,1-4H3/t25-,26+,27?,32?. The molecule has 10 heteroatoms. The lowest BCUT2D eigenvalue weighted by Crippen LogP contribution is -2.44. The van der Waals surface area contributed by atoms with Crippen molar-refractivity contribution in [2.24, 2.45) is 5.92 Å². The van der Waals surface area contributed by atoms with Crippen LogP contribution in [0.3, 0.4) is 0 Å². The summed E-state index contributed by atoms with van der Waals surface area (Å²) in [6.45, 7) is 6.86. The normalized spacial score (nSPS) is 24.0. The number of likely N-dealkylation sites (N-methyl/N-ethyl adjacent to an activating group) is 1. The second-order valence-electron chi connectivity index (χ2n) is 14.7. The SMILES string of the molecule is C[C@@H]1CN(Cc2ccc(-c3cccc(-n4c(=O)n(C5CCC(CC(=O)C6(N(C)C)CC6)CC5)c(=O)c5cc(F)cnc54)c3)cc2)C[C@H](C)O1. The molecule has 258 valence electrons. The van der Waals surface area contributed by atoms with E-state index in [0.29, 0.717) is 30.7 Å². The molecular weight excluding hydrogens is 621 g/mol. The number of carbonyl (C=O) groups is 1. The van der Waals surface area contributed by atoms with Gasteiger partial charge in [0.25, 0.3) is 5.56 Å². The number of pyridine rings is 1. The lowest BCUT2D eigenvalue weighted by Gasteiger charge is -2.35. The Hall–Kier alpha value is -3.99. The number of aromatic nitrogens is 3. The van der Waals surface area contributed by atoms with Gasteiger partial charge in [-0.15, -0.1) is 0 Å². The van der Waals surface area contributed by atoms with Crippen molar-refractivity contribution >= 4 is 16.8 Å². The summed E-state index contributed by atoms with van der Waals surface area (Å²) in [4.78, 5) is 50.0. The number of fused-ring (bicyclic) bond motifs is 1. The lowest BCUT2D eigenvalue weighted by atomic mass is 9.81. The van der Waals surface area contributed by atoms with Crippen molar-refractivity contribution in [2.75, 3.05) is 27.2 Å². The summed E-state index contributed by atoms with van der Waals surface area (Å²) in [7, 11) is 3.94. The number of hydrogen-bond acceptors (Lipinski definition) is 7. The number of hydrogen-bond donors (Lipinski definition) is 0. The topological polar surface area (TPSA) is 89.7 Å². The van der Waals surface area contributed by atoms with Crippen LogP contribution in [0.25, 0.3) is 27.8 Å². The van der Waals surface area contributed by atoms with Gasteiger partial charge in [0.15, 0.2) is 11.4 Å². The molecule has 49 heavy (non-hydrogen) atoms. The maximum atomic E-state index is 14.5. The smallest absolute Gasteiger partial charge is 0.337 e. The maximum Gasteiger partial charge on any atom is 0.337 e. The third-order valence-corrected chi connectivity index (χ3v) is 10.9. The molecule has 0 bridgehead atoms. The molecular formula is C39H46FN5O4. The zero-order valence-corrected chi connectivity index (χ0v) is 28.9. The van der Waals surface area contributed by atoms with Crippen molar-refractivity contribution in [2.45, 2.75) is 89.1 Å². The molecule has 2 saturated carbocycles. The van der Waals surface area contributed by atoms with E-state index in [1.165, 1.54) is 20.8 Å². The molecule has 1 aliphatic heterocycles. The van der Waals surface area contributed by atoms with E-state index in [9.17, 15) is 18.8 Å². The van der Waals surface area contributed by atoms with E-state index in [-0.39, 0.29) is 40.7 Å². The minimum atomic E-state index is -0.631. The number of morpholine rings is 1. The summed E-state index contributed by atoms with van der Waals surface area (Å²) in [6.07, 6.45) is 6.50. The van der Waals surface area contributed by atoms with Crippen LogP contribution in [0, 0.1) is 11.7 Å². The molecule has 1 saturated heterocycles. The van der Waals surface area contributed by atoms with Crippen molar-refractivity contribution in [1.82, 2.24) is 23.9 Å². The molecule has 0 unspecified atom stereocenters. The van der Waals surface area contributed by atoms with Crippen LogP contribution >= 0.6 is 0 Å². The Kier molecular flexibility index (Phi) is 9.15. The van der Waals surface area contributed by atoms with Gasteiger partial charge in [0, 0.05) is 32.1 Å². The first kappa shape index (κ1) is 33.5. The molecule has 2 atom stereocenters. The molecule has 0 radical (unpaired) electrons. The van der Waals surface area contributed by atoms with Gasteiger partial charge in [-0.2, -0.15) is 0 Å². The Morgan fingerprint density at radius 1 is 0.959 bits per heavy atom.